The number of likely N-dealkylation sites (N-methyl/N-ethyl adjacent to an activating group) is 1. The van der Waals surface area contributed by atoms with Crippen molar-refractivity contribution in [1.29, 1.82) is 0 Å². The second-order valence-electron chi connectivity index (χ2n) is 6.42. The van der Waals surface area contributed by atoms with E-state index in [0.717, 1.165) is 0 Å². The van der Waals surface area contributed by atoms with Gasteiger partial charge in [-0.05, 0) is 51.9 Å². The summed E-state index contributed by atoms with van der Waals surface area (Å²) in [6, 6.07) is 8.77. The summed E-state index contributed by atoms with van der Waals surface area (Å²) in [5, 5.41) is 15.2. The molecule has 0 saturated heterocycles. The zero-order valence-corrected chi connectivity index (χ0v) is 14.4. The van der Waals surface area contributed by atoms with Crippen molar-refractivity contribution in [3.8, 4) is 0 Å². The molecule has 2 N–H and O–H groups in total. The summed E-state index contributed by atoms with van der Waals surface area (Å²) < 4.78 is 1.33. The lowest BCUT2D eigenvalue weighted by molar-refractivity contribution is 0.0318. The molecule has 0 fully saturated rings. The molecule has 2 rings (SSSR count). The van der Waals surface area contributed by atoms with E-state index in [4.69, 9.17) is 0 Å². The van der Waals surface area contributed by atoms with E-state index in [1.807, 2.05) is 37.3 Å². The van der Waals surface area contributed by atoms with Crippen LogP contribution >= 0.6 is 11.3 Å². The molecule has 21 heavy (non-hydrogen) atoms. The van der Waals surface area contributed by atoms with Crippen molar-refractivity contribution in [2.45, 2.75) is 32.4 Å². The Hall–Kier alpha value is -0.940. The van der Waals surface area contributed by atoms with E-state index in [1.54, 1.807) is 0 Å². The Morgan fingerprint density at radius 1 is 1.33 bits per heavy atom. The van der Waals surface area contributed by atoms with Crippen molar-refractivity contribution < 1.29 is 5.11 Å². The Kier molecular flexibility index (Phi) is 5.04. The first kappa shape index (κ1) is 16.4. The highest BCUT2D eigenvalue weighted by atomic mass is 32.1. The third kappa shape index (κ3) is 4.04. The second-order valence-corrected chi connectivity index (χ2v) is 7.51. The molecule has 0 aliphatic rings. The Bertz CT molecular complexity index is 604. The number of fused-ring (bicyclic) bond motifs is 1. The van der Waals surface area contributed by atoms with Gasteiger partial charge in [0, 0.05) is 28.7 Å². The maximum atomic E-state index is 10.4. The molecule has 0 saturated carbocycles. The Morgan fingerprint density at radius 2 is 2.00 bits per heavy atom. The van der Waals surface area contributed by atoms with Gasteiger partial charge < -0.3 is 15.3 Å². The molecule has 0 amide bonds. The van der Waals surface area contributed by atoms with E-state index in [2.05, 4.69) is 43.4 Å². The maximum Gasteiger partial charge on any atom is 0.0869 e. The number of aryl methyl sites for hydroxylation is 1. The molecule has 1 heterocycles. The van der Waals surface area contributed by atoms with Gasteiger partial charge in [0.05, 0.1) is 5.60 Å². The minimum Gasteiger partial charge on any atom is -0.388 e. The lowest BCUT2D eigenvalue weighted by Crippen LogP contribution is -2.46. The van der Waals surface area contributed by atoms with Gasteiger partial charge in [-0.3, -0.25) is 0 Å². The van der Waals surface area contributed by atoms with Crippen molar-refractivity contribution >= 4 is 21.4 Å². The summed E-state index contributed by atoms with van der Waals surface area (Å²) in [7, 11) is 3.96. The highest BCUT2D eigenvalue weighted by Gasteiger charge is 2.23. The van der Waals surface area contributed by atoms with E-state index in [9.17, 15) is 5.11 Å². The topological polar surface area (TPSA) is 35.5 Å². The van der Waals surface area contributed by atoms with Gasteiger partial charge in [0.25, 0.3) is 0 Å². The lowest BCUT2D eigenvalue weighted by atomic mass is 10.1. The van der Waals surface area contributed by atoms with Gasteiger partial charge >= 0.3 is 0 Å². The van der Waals surface area contributed by atoms with Gasteiger partial charge in [-0.1, -0.05) is 18.2 Å². The predicted molar refractivity (Wildman–Crippen MR) is 92.2 cm³/mol. The van der Waals surface area contributed by atoms with Crippen LogP contribution in [0.5, 0.6) is 0 Å². The van der Waals surface area contributed by atoms with E-state index in [-0.39, 0.29) is 6.04 Å². The number of rotatable bonds is 6. The largest absolute Gasteiger partial charge is 0.388 e. The quantitative estimate of drug-likeness (QED) is 0.860. The lowest BCUT2D eigenvalue weighted by Gasteiger charge is -2.28. The molecule has 1 aromatic carbocycles. The van der Waals surface area contributed by atoms with Crippen LogP contribution < -0.4 is 5.32 Å². The van der Waals surface area contributed by atoms with Gasteiger partial charge in [0.1, 0.15) is 0 Å². The molecule has 2 unspecified atom stereocenters. The van der Waals surface area contributed by atoms with Crippen LogP contribution in [0.2, 0.25) is 0 Å². The average Bonchev–Trinajstić information content (AvgIpc) is 2.73. The zero-order chi connectivity index (χ0) is 15.6. The SMILES string of the molecule is Cc1c(C(C)NCC(C)(O)CN(C)C)sc2ccccc12. The van der Waals surface area contributed by atoms with Gasteiger partial charge in [-0.25, -0.2) is 0 Å². The Labute approximate surface area is 131 Å². The van der Waals surface area contributed by atoms with Crippen LogP contribution in [0.4, 0.5) is 0 Å². The number of hydrogen-bond donors (Lipinski definition) is 2. The normalized spacial score (nSPS) is 16.3. The first-order valence-electron chi connectivity index (χ1n) is 7.39. The molecule has 116 valence electrons. The van der Waals surface area contributed by atoms with Crippen molar-refractivity contribution in [3.63, 3.8) is 0 Å². The van der Waals surface area contributed by atoms with Crippen LogP contribution in [0.1, 0.15) is 30.3 Å². The first-order valence-corrected chi connectivity index (χ1v) is 8.20. The van der Waals surface area contributed by atoms with Crippen LogP contribution in [0.25, 0.3) is 10.1 Å². The number of thiophene rings is 1. The predicted octanol–water partition coefficient (Wildman–Crippen LogP) is 3.17. The third-order valence-corrected chi connectivity index (χ3v) is 5.18. The molecule has 0 radical (unpaired) electrons. The molecule has 1 aromatic heterocycles. The van der Waals surface area contributed by atoms with Crippen molar-refractivity contribution in [1.82, 2.24) is 10.2 Å². The second kappa shape index (κ2) is 6.44. The molecule has 2 atom stereocenters. The Morgan fingerprint density at radius 3 is 2.62 bits per heavy atom. The summed E-state index contributed by atoms with van der Waals surface area (Å²) in [6.07, 6.45) is 0. The molecule has 4 heteroatoms. The van der Waals surface area contributed by atoms with Gasteiger partial charge in [0.15, 0.2) is 0 Å². The Balaban J connectivity index is 2.09. The summed E-state index contributed by atoms with van der Waals surface area (Å²) >= 11 is 1.84. The van der Waals surface area contributed by atoms with Gasteiger partial charge in [-0.2, -0.15) is 0 Å². The fraction of sp³-hybridized carbons (Fsp3) is 0.529. The zero-order valence-electron chi connectivity index (χ0n) is 13.6. The highest BCUT2D eigenvalue weighted by Crippen LogP contribution is 2.34. The summed E-state index contributed by atoms with van der Waals surface area (Å²) in [5.41, 5.74) is 0.630. The average molecular weight is 306 g/mol. The molecule has 0 aliphatic carbocycles. The molecule has 3 nitrogen and oxygen atoms in total. The molecular formula is C17H26N2OS. The third-order valence-electron chi connectivity index (χ3n) is 3.72. The summed E-state index contributed by atoms with van der Waals surface area (Å²) in [6.45, 7) is 7.47. The van der Waals surface area contributed by atoms with Crippen LogP contribution in [0.15, 0.2) is 24.3 Å². The van der Waals surface area contributed by atoms with E-state index < -0.39 is 5.60 Å². The molecule has 0 bridgehead atoms. The van der Waals surface area contributed by atoms with Crippen LogP contribution in [-0.2, 0) is 0 Å². The number of nitrogens with zero attached hydrogens (tertiary/aromatic N) is 1. The fourth-order valence-corrected chi connectivity index (χ4v) is 4.05. The first-order chi connectivity index (χ1) is 9.80. The minimum absolute atomic E-state index is 0.246. The number of benzene rings is 1. The fourth-order valence-electron chi connectivity index (χ4n) is 2.81. The number of hydrogen-bond acceptors (Lipinski definition) is 4. The monoisotopic (exact) mass is 306 g/mol. The van der Waals surface area contributed by atoms with Gasteiger partial charge in [0.2, 0.25) is 0 Å². The van der Waals surface area contributed by atoms with Crippen molar-refractivity contribution in [3.05, 3.63) is 34.7 Å². The van der Waals surface area contributed by atoms with E-state index >= 15 is 0 Å². The standard InChI is InChI=1S/C17H26N2OS/c1-12-14-8-6-7-9-15(14)21-16(12)13(2)18-10-17(3,20)11-19(4)5/h6-9,13,18,20H,10-11H2,1-5H3. The summed E-state index contributed by atoms with van der Waals surface area (Å²) in [5.74, 6) is 0. The smallest absolute Gasteiger partial charge is 0.0869 e. The molecule has 0 aliphatic heterocycles. The molecular weight excluding hydrogens is 280 g/mol. The van der Waals surface area contributed by atoms with Gasteiger partial charge in [-0.15, -0.1) is 11.3 Å². The van der Waals surface area contributed by atoms with Crippen molar-refractivity contribution in [2.24, 2.45) is 0 Å². The minimum atomic E-state index is -0.720. The van der Waals surface area contributed by atoms with Crippen LogP contribution in [0.3, 0.4) is 0 Å². The summed E-state index contributed by atoms with van der Waals surface area (Å²) in [4.78, 5) is 3.37. The van der Waals surface area contributed by atoms with E-state index in [0.29, 0.717) is 13.1 Å². The number of aliphatic hydroxyl groups is 1. The maximum absolute atomic E-state index is 10.4. The van der Waals surface area contributed by atoms with Crippen LogP contribution in [0, 0.1) is 6.92 Å². The highest BCUT2D eigenvalue weighted by molar-refractivity contribution is 7.19. The molecule has 2 aromatic rings. The van der Waals surface area contributed by atoms with E-state index in [1.165, 1.54) is 20.5 Å². The van der Waals surface area contributed by atoms with Crippen LogP contribution in [-0.4, -0.2) is 42.8 Å². The van der Waals surface area contributed by atoms with Crippen molar-refractivity contribution in [2.75, 3.05) is 27.2 Å². The number of nitrogens with one attached hydrogen (secondary N) is 1. The molecule has 0 spiro atoms.